The lowest BCUT2D eigenvalue weighted by atomic mass is 10.0. The summed E-state index contributed by atoms with van der Waals surface area (Å²) in [5.41, 5.74) is 2.35. The van der Waals surface area contributed by atoms with Crippen molar-refractivity contribution in [1.29, 1.82) is 5.26 Å². The minimum atomic E-state index is -0.289. The van der Waals surface area contributed by atoms with Gasteiger partial charge in [0.1, 0.15) is 21.8 Å². The van der Waals surface area contributed by atoms with Crippen molar-refractivity contribution in [3.8, 4) is 6.07 Å². The predicted octanol–water partition coefficient (Wildman–Crippen LogP) is 4.23. The number of rotatable bonds is 6. The summed E-state index contributed by atoms with van der Waals surface area (Å²) >= 11 is 6.78. The first kappa shape index (κ1) is 26.0. The molecular formula is C27H31N5O2S2. The number of aromatic nitrogens is 1. The van der Waals surface area contributed by atoms with Crippen molar-refractivity contribution >= 4 is 51.8 Å². The van der Waals surface area contributed by atoms with Crippen LogP contribution >= 0.6 is 24.0 Å². The van der Waals surface area contributed by atoms with Gasteiger partial charge in [-0.25, -0.2) is 0 Å². The maximum absolute atomic E-state index is 13.3. The molecule has 9 heteroatoms. The molecule has 36 heavy (non-hydrogen) atoms. The molecule has 0 aliphatic carbocycles. The first-order chi connectivity index (χ1) is 17.3. The quantitative estimate of drug-likeness (QED) is 0.416. The van der Waals surface area contributed by atoms with Gasteiger partial charge >= 0.3 is 0 Å². The van der Waals surface area contributed by atoms with Gasteiger partial charge < -0.3 is 9.80 Å². The van der Waals surface area contributed by atoms with E-state index in [1.807, 2.05) is 31.2 Å². The van der Waals surface area contributed by atoms with Crippen molar-refractivity contribution in [3.05, 3.63) is 62.3 Å². The number of carbonyl (C=O) groups excluding carboxylic acids is 1. The van der Waals surface area contributed by atoms with E-state index >= 15 is 0 Å². The van der Waals surface area contributed by atoms with Gasteiger partial charge in [-0.3, -0.25) is 19.1 Å². The van der Waals surface area contributed by atoms with Crippen LogP contribution in [0, 0.1) is 24.2 Å². The van der Waals surface area contributed by atoms with Crippen molar-refractivity contribution in [2.24, 2.45) is 5.92 Å². The number of anilines is 2. The van der Waals surface area contributed by atoms with Crippen molar-refractivity contribution < 1.29 is 4.79 Å². The fraction of sp³-hybridized carbons (Fsp3) is 0.407. The Morgan fingerprint density at radius 3 is 2.33 bits per heavy atom. The van der Waals surface area contributed by atoms with E-state index in [0.29, 0.717) is 27.9 Å². The molecule has 0 spiro atoms. The first-order valence-electron chi connectivity index (χ1n) is 12.2. The molecule has 0 saturated carbocycles. The molecule has 7 nitrogen and oxygen atoms in total. The molecule has 2 aliphatic rings. The topological polar surface area (TPSA) is 72.6 Å². The zero-order valence-corrected chi connectivity index (χ0v) is 22.8. The van der Waals surface area contributed by atoms with E-state index in [2.05, 4.69) is 41.8 Å². The average molecular weight is 522 g/mol. The van der Waals surface area contributed by atoms with E-state index in [4.69, 9.17) is 12.2 Å². The fourth-order valence-electron chi connectivity index (χ4n) is 4.75. The van der Waals surface area contributed by atoms with E-state index in [-0.39, 0.29) is 22.9 Å². The number of hydrogen-bond acceptors (Lipinski definition) is 7. The lowest BCUT2D eigenvalue weighted by Gasteiger charge is -2.39. The van der Waals surface area contributed by atoms with Crippen molar-refractivity contribution in [2.75, 3.05) is 42.5 Å². The Kier molecular flexibility index (Phi) is 7.86. The Balaban J connectivity index is 1.77. The molecule has 2 saturated heterocycles. The van der Waals surface area contributed by atoms with Crippen LogP contribution < -0.4 is 15.4 Å². The van der Waals surface area contributed by atoms with E-state index in [1.165, 1.54) is 17.4 Å². The molecular weight excluding hydrogens is 490 g/mol. The largest absolute Gasteiger partial charge is 0.368 e. The molecule has 0 unspecified atom stereocenters. The van der Waals surface area contributed by atoms with Crippen molar-refractivity contribution in [2.45, 2.75) is 34.2 Å². The van der Waals surface area contributed by atoms with Gasteiger partial charge in [0.25, 0.3) is 11.5 Å². The second kappa shape index (κ2) is 10.9. The summed E-state index contributed by atoms with van der Waals surface area (Å²) in [6.07, 6.45) is 1.83. The molecule has 2 aromatic rings. The van der Waals surface area contributed by atoms with Gasteiger partial charge in [0, 0.05) is 50.5 Å². The molecule has 1 aromatic carbocycles. The summed E-state index contributed by atoms with van der Waals surface area (Å²) in [6, 6.07) is 12.4. The standard InChI is InChI=1S/C27H31N5O2S2/c1-5-31-24(30-13-11-29(12-14-30)20-9-7-6-8-10-20)21(19(4)22(16-28)25(31)33)15-23-26(34)32(17-18(2)3)27(35)36-23/h6-10,15,18H,5,11-14,17H2,1-4H3/b23-15-. The maximum Gasteiger partial charge on any atom is 0.270 e. The highest BCUT2D eigenvalue weighted by Crippen LogP contribution is 2.36. The molecule has 1 amide bonds. The summed E-state index contributed by atoms with van der Waals surface area (Å²) in [7, 11) is 0. The SMILES string of the molecule is CCn1c(N2CCN(c3ccccc3)CC2)c(/C=C2\SC(=S)N(CC(C)C)C2=O)c(C)c(C#N)c1=O. The Labute approximate surface area is 222 Å². The minimum absolute atomic E-state index is 0.118. The number of thiocarbonyl (C=S) groups is 1. The van der Waals surface area contributed by atoms with Crippen LogP contribution in [0.25, 0.3) is 6.08 Å². The zero-order chi connectivity index (χ0) is 26.0. The highest BCUT2D eigenvalue weighted by Gasteiger charge is 2.34. The number of amides is 1. The number of hydrogen-bond donors (Lipinski definition) is 0. The summed E-state index contributed by atoms with van der Waals surface area (Å²) in [5, 5.41) is 9.80. The number of para-hydroxylation sites is 1. The number of thioether (sulfide) groups is 1. The van der Waals surface area contributed by atoms with Gasteiger partial charge in [-0.15, -0.1) is 0 Å². The monoisotopic (exact) mass is 521 g/mol. The number of pyridine rings is 1. The molecule has 0 radical (unpaired) electrons. The summed E-state index contributed by atoms with van der Waals surface area (Å²) in [5.74, 6) is 0.934. The lowest BCUT2D eigenvalue weighted by molar-refractivity contribution is -0.122. The fourth-order valence-corrected chi connectivity index (χ4v) is 6.00. The molecule has 1 aromatic heterocycles. The summed E-state index contributed by atoms with van der Waals surface area (Å²) in [6.45, 7) is 11.8. The normalized spacial score (nSPS) is 17.4. The van der Waals surface area contributed by atoms with Gasteiger partial charge in [0.2, 0.25) is 0 Å². The van der Waals surface area contributed by atoms with E-state index in [0.717, 1.165) is 37.6 Å². The van der Waals surface area contributed by atoms with Crippen molar-refractivity contribution in [1.82, 2.24) is 9.47 Å². The third kappa shape index (κ3) is 4.93. The van der Waals surface area contributed by atoms with E-state index in [9.17, 15) is 14.9 Å². The highest BCUT2D eigenvalue weighted by molar-refractivity contribution is 8.26. The maximum atomic E-state index is 13.3. The van der Waals surface area contributed by atoms with Gasteiger partial charge in [-0.1, -0.05) is 56.0 Å². The molecule has 0 bridgehead atoms. The molecule has 4 rings (SSSR count). The molecule has 188 valence electrons. The third-order valence-electron chi connectivity index (χ3n) is 6.56. The summed E-state index contributed by atoms with van der Waals surface area (Å²) in [4.78, 5) is 33.2. The Hall–Kier alpha value is -3.09. The Bertz CT molecular complexity index is 1300. The number of piperazine rings is 1. The highest BCUT2D eigenvalue weighted by atomic mass is 32.2. The van der Waals surface area contributed by atoms with Gasteiger partial charge in [0.15, 0.2) is 0 Å². The van der Waals surface area contributed by atoms with Crippen LogP contribution in [0.1, 0.15) is 37.5 Å². The number of carbonyl (C=O) groups is 1. The summed E-state index contributed by atoms with van der Waals surface area (Å²) < 4.78 is 2.21. The van der Waals surface area contributed by atoms with Gasteiger partial charge in [-0.05, 0) is 43.5 Å². The number of nitriles is 1. The van der Waals surface area contributed by atoms with Crippen LogP contribution in [-0.4, -0.2) is 52.4 Å². The second-order valence-corrected chi connectivity index (χ2v) is 11.1. The number of nitrogens with zero attached hydrogens (tertiary/aromatic N) is 5. The first-order valence-corrected chi connectivity index (χ1v) is 13.5. The van der Waals surface area contributed by atoms with E-state index < -0.39 is 0 Å². The van der Waals surface area contributed by atoms with Crippen LogP contribution in [0.4, 0.5) is 11.5 Å². The van der Waals surface area contributed by atoms with Crippen LogP contribution in [0.2, 0.25) is 0 Å². The van der Waals surface area contributed by atoms with Crippen LogP contribution in [-0.2, 0) is 11.3 Å². The zero-order valence-electron chi connectivity index (χ0n) is 21.2. The van der Waals surface area contributed by atoms with Crippen LogP contribution in [0.5, 0.6) is 0 Å². The Morgan fingerprint density at radius 2 is 1.75 bits per heavy atom. The molecule has 0 N–H and O–H groups in total. The minimum Gasteiger partial charge on any atom is -0.368 e. The van der Waals surface area contributed by atoms with Crippen molar-refractivity contribution in [3.63, 3.8) is 0 Å². The van der Waals surface area contributed by atoms with Crippen LogP contribution in [0.15, 0.2) is 40.0 Å². The van der Waals surface area contributed by atoms with Crippen LogP contribution in [0.3, 0.4) is 0 Å². The number of benzene rings is 1. The van der Waals surface area contributed by atoms with Gasteiger partial charge in [-0.2, -0.15) is 5.26 Å². The second-order valence-electron chi connectivity index (χ2n) is 9.39. The third-order valence-corrected chi connectivity index (χ3v) is 7.94. The average Bonchev–Trinajstić information content (AvgIpc) is 3.13. The molecule has 3 heterocycles. The van der Waals surface area contributed by atoms with E-state index in [1.54, 1.807) is 16.4 Å². The molecule has 0 atom stereocenters. The molecule has 2 aliphatic heterocycles. The predicted molar refractivity (Wildman–Crippen MR) is 151 cm³/mol. The Morgan fingerprint density at radius 1 is 1.11 bits per heavy atom. The lowest BCUT2D eigenvalue weighted by Crippen LogP contribution is -2.48. The smallest absolute Gasteiger partial charge is 0.270 e. The van der Waals surface area contributed by atoms with Gasteiger partial charge in [0.05, 0.1) is 4.91 Å². The molecule has 2 fully saturated rings.